The summed E-state index contributed by atoms with van der Waals surface area (Å²) in [5, 5.41) is 5.59. The molecule has 0 aliphatic heterocycles. The molecule has 0 atom stereocenters. The van der Waals surface area contributed by atoms with Crippen LogP contribution in [0.15, 0.2) is 6.07 Å². The van der Waals surface area contributed by atoms with Crippen molar-refractivity contribution in [3.05, 3.63) is 28.3 Å². The maximum absolute atomic E-state index is 12.2. The lowest BCUT2D eigenvalue weighted by molar-refractivity contribution is 0.256. The maximum atomic E-state index is 12.2. The largest absolute Gasteiger partial charge is 0.332 e. The number of aryl methyl sites for hydroxylation is 2. The summed E-state index contributed by atoms with van der Waals surface area (Å²) >= 11 is 0. The minimum Gasteiger partial charge on any atom is -0.319 e. The van der Waals surface area contributed by atoms with Crippen LogP contribution in [0.25, 0.3) is 0 Å². The molecule has 3 rings (SSSR count). The lowest BCUT2D eigenvalue weighted by Crippen LogP contribution is -2.38. The fraction of sp³-hybridized carbons (Fsp3) is 0.562. The molecule has 6 nitrogen and oxygen atoms in total. The van der Waals surface area contributed by atoms with E-state index in [1.165, 1.54) is 22.3 Å². The van der Waals surface area contributed by atoms with Crippen LogP contribution >= 0.6 is 0 Å². The van der Waals surface area contributed by atoms with Crippen LogP contribution in [0, 0.1) is 0 Å². The number of carbonyl (C=O) groups is 1. The highest BCUT2D eigenvalue weighted by Gasteiger charge is 2.25. The quantitative estimate of drug-likeness (QED) is 0.756. The molecule has 0 saturated heterocycles. The topological polar surface area (TPSA) is 87.3 Å². The zero-order valence-electron chi connectivity index (χ0n) is 13.4. The van der Waals surface area contributed by atoms with E-state index in [-0.39, 0.29) is 5.75 Å². The van der Waals surface area contributed by atoms with Gasteiger partial charge < -0.3 is 10.6 Å². The Morgan fingerprint density at radius 2 is 1.70 bits per heavy atom. The summed E-state index contributed by atoms with van der Waals surface area (Å²) in [6.45, 7) is 0.304. The molecule has 1 aromatic rings. The van der Waals surface area contributed by atoms with E-state index in [1.807, 2.05) is 0 Å². The molecule has 0 spiro atoms. The number of amides is 2. The molecular formula is C16H23N3O3S. The molecule has 1 aromatic carbocycles. The second kappa shape index (κ2) is 6.49. The number of anilines is 1. The Labute approximate surface area is 137 Å². The molecule has 2 amide bonds. The van der Waals surface area contributed by atoms with E-state index in [2.05, 4.69) is 21.4 Å². The number of sulfonamides is 1. The number of hydrogen-bond acceptors (Lipinski definition) is 4. The number of rotatable bonds is 5. The van der Waals surface area contributed by atoms with E-state index in [0.29, 0.717) is 6.54 Å². The Balaban J connectivity index is 1.80. The lowest BCUT2D eigenvalue weighted by atomic mass is 9.99. The Morgan fingerprint density at radius 1 is 1.09 bits per heavy atom. The molecule has 0 saturated carbocycles. The Kier molecular flexibility index (Phi) is 4.59. The maximum Gasteiger partial charge on any atom is 0.332 e. The van der Waals surface area contributed by atoms with E-state index >= 15 is 0 Å². The second-order valence-electron chi connectivity index (χ2n) is 6.21. The van der Waals surface area contributed by atoms with Gasteiger partial charge in [0.1, 0.15) is 0 Å². The third-order valence-corrected chi connectivity index (χ3v) is 5.82. The fourth-order valence-corrected chi connectivity index (χ4v) is 4.44. The van der Waals surface area contributed by atoms with Gasteiger partial charge in [0.15, 0.2) is 0 Å². The van der Waals surface area contributed by atoms with Gasteiger partial charge in [0.2, 0.25) is 10.0 Å². The van der Waals surface area contributed by atoms with Gasteiger partial charge in [-0.25, -0.2) is 17.9 Å². The first-order chi connectivity index (χ1) is 11.0. The molecule has 23 heavy (non-hydrogen) atoms. The third-order valence-electron chi connectivity index (χ3n) is 4.58. The van der Waals surface area contributed by atoms with Crippen molar-refractivity contribution in [2.75, 3.05) is 24.7 Å². The van der Waals surface area contributed by atoms with Gasteiger partial charge in [0.25, 0.3) is 0 Å². The number of nitrogens with one attached hydrogen (secondary N) is 3. The van der Waals surface area contributed by atoms with Crippen LogP contribution in [0.2, 0.25) is 0 Å². The predicted molar refractivity (Wildman–Crippen MR) is 90.4 cm³/mol. The highest BCUT2D eigenvalue weighted by atomic mass is 32.2. The molecule has 0 unspecified atom stereocenters. The summed E-state index contributed by atoms with van der Waals surface area (Å²) in [4.78, 5) is 12.2. The molecule has 2 aliphatic carbocycles. The van der Waals surface area contributed by atoms with Gasteiger partial charge in [-0.05, 0) is 67.8 Å². The van der Waals surface area contributed by atoms with Crippen LogP contribution in [0.3, 0.4) is 0 Å². The summed E-state index contributed by atoms with van der Waals surface area (Å²) in [5.74, 6) is -0.123. The number of carbonyl (C=O) groups excluding carboxylic acids is 1. The van der Waals surface area contributed by atoms with Crippen molar-refractivity contribution in [2.24, 2.45) is 0 Å². The van der Waals surface area contributed by atoms with Crippen molar-refractivity contribution in [1.82, 2.24) is 10.0 Å². The Morgan fingerprint density at radius 3 is 2.26 bits per heavy atom. The molecule has 126 valence electrons. The van der Waals surface area contributed by atoms with Gasteiger partial charge >= 0.3 is 6.03 Å². The summed E-state index contributed by atoms with van der Waals surface area (Å²) in [7, 11) is -1.94. The summed E-state index contributed by atoms with van der Waals surface area (Å²) in [6.07, 6.45) is 6.16. The minimum atomic E-state index is -3.62. The fourth-order valence-electron chi connectivity index (χ4n) is 3.53. The monoisotopic (exact) mass is 337 g/mol. The molecule has 0 radical (unpaired) electrons. The van der Waals surface area contributed by atoms with E-state index < -0.39 is 16.1 Å². The third kappa shape index (κ3) is 3.50. The molecule has 7 heteroatoms. The second-order valence-corrected chi connectivity index (χ2v) is 8.05. The number of fused-ring (bicyclic) bond motifs is 2. The Bertz CT molecular complexity index is 696. The van der Waals surface area contributed by atoms with Crippen LogP contribution in [0.1, 0.15) is 35.1 Å². The molecule has 0 bridgehead atoms. The number of hydrogen-bond donors (Lipinski definition) is 3. The first kappa shape index (κ1) is 16.3. The van der Waals surface area contributed by atoms with Crippen LogP contribution in [-0.4, -0.2) is 33.8 Å². The molecule has 0 fully saturated rings. The standard InChI is InChI=1S/C16H23N3O3S/c1-17-8-9-23(21,22)19-16(20)18-15-13-6-2-4-11(13)10-12-5-3-7-14(12)15/h10,17H,2-9H2,1H3,(H2,18,19,20). The van der Waals surface area contributed by atoms with E-state index in [4.69, 9.17) is 0 Å². The van der Waals surface area contributed by atoms with E-state index in [1.54, 1.807) is 7.05 Å². The van der Waals surface area contributed by atoms with Crippen LogP contribution in [0.4, 0.5) is 10.5 Å². The van der Waals surface area contributed by atoms with Gasteiger partial charge in [-0.3, -0.25) is 0 Å². The zero-order chi connectivity index (χ0) is 16.4. The number of benzene rings is 1. The summed E-state index contributed by atoms with van der Waals surface area (Å²) in [5.41, 5.74) is 5.84. The zero-order valence-corrected chi connectivity index (χ0v) is 14.2. The normalized spacial score (nSPS) is 16.0. The Hall–Kier alpha value is -1.60. The van der Waals surface area contributed by atoms with E-state index in [9.17, 15) is 13.2 Å². The summed E-state index contributed by atoms with van der Waals surface area (Å²) in [6, 6.07) is 1.62. The molecule has 3 N–H and O–H groups in total. The van der Waals surface area contributed by atoms with Crippen molar-refractivity contribution in [2.45, 2.75) is 38.5 Å². The van der Waals surface area contributed by atoms with Crippen molar-refractivity contribution in [3.63, 3.8) is 0 Å². The lowest BCUT2D eigenvalue weighted by Gasteiger charge is -2.16. The van der Waals surface area contributed by atoms with Gasteiger partial charge in [0.05, 0.1) is 5.75 Å². The van der Waals surface area contributed by atoms with Gasteiger partial charge in [-0.15, -0.1) is 0 Å². The highest BCUT2D eigenvalue weighted by molar-refractivity contribution is 7.90. The van der Waals surface area contributed by atoms with Crippen molar-refractivity contribution >= 4 is 21.7 Å². The first-order valence-electron chi connectivity index (χ1n) is 8.13. The molecule has 0 heterocycles. The van der Waals surface area contributed by atoms with Crippen LogP contribution in [-0.2, 0) is 35.7 Å². The van der Waals surface area contributed by atoms with Gasteiger partial charge in [-0.1, -0.05) is 6.07 Å². The molecule has 2 aliphatic rings. The van der Waals surface area contributed by atoms with Crippen molar-refractivity contribution in [3.8, 4) is 0 Å². The minimum absolute atomic E-state index is 0.123. The average Bonchev–Trinajstić information content (AvgIpc) is 3.12. The smallest absolute Gasteiger partial charge is 0.319 e. The average molecular weight is 337 g/mol. The van der Waals surface area contributed by atoms with Gasteiger partial charge in [0, 0.05) is 12.2 Å². The van der Waals surface area contributed by atoms with E-state index in [0.717, 1.165) is 44.2 Å². The molecular weight excluding hydrogens is 314 g/mol. The predicted octanol–water partition coefficient (Wildman–Crippen LogP) is 1.33. The highest BCUT2D eigenvalue weighted by Crippen LogP contribution is 2.38. The van der Waals surface area contributed by atoms with Crippen LogP contribution in [0.5, 0.6) is 0 Å². The summed E-state index contributed by atoms with van der Waals surface area (Å²) < 4.78 is 25.8. The SMILES string of the molecule is CNCCS(=O)(=O)NC(=O)Nc1c2c(cc3c1CCC3)CCC2. The van der Waals surface area contributed by atoms with Crippen molar-refractivity contribution < 1.29 is 13.2 Å². The first-order valence-corrected chi connectivity index (χ1v) is 9.78. The molecule has 0 aromatic heterocycles. The van der Waals surface area contributed by atoms with Crippen molar-refractivity contribution in [1.29, 1.82) is 0 Å². The number of urea groups is 1. The van der Waals surface area contributed by atoms with Crippen LogP contribution < -0.4 is 15.4 Å². The van der Waals surface area contributed by atoms with Gasteiger partial charge in [-0.2, -0.15) is 0 Å².